The van der Waals surface area contributed by atoms with E-state index in [0.29, 0.717) is 16.5 Å². The zero-order chi connectivity index (χ0) is 12.6. The monoisotopic (exact) mass is 235 g/mol. The molecule has 0 aliphatic rings. The highest BCUT2D eigenvalue weighted by atomic mass is 19.1. The number of hydrogen-bond donors (Lipinski definition) is 1. The van der Waals surface area contributed by atoms with Gasteiger partial charge in [0, 0.05) is 22.7 Å². The van der Waals surface area contributed by atoms with Crippen LogP contribution in [0.3, 0.4) is 0 Å². The van der Waals surface area contributed by atoms with Crippen LogP contribution >= 0.6 is 0 Å². The van der Waals surface area contributed by atoms with E-state index in [1.165, 1.54) is 35.9 Å². The maximum atomic E-state index is 13.1. The van der Waals surface area contributed by atoms with Crippen molar-refractivity contribution in [1.82, 2.24) is 4.57 Å². The third-order valence-corrected chi connectivity index (χ3v) is 2.53. The van der Waals surface area contributed by atoms with Crippen molar-refractivity contribution in [2.75, 3.05) is 0 Å². The zero-order valence-corrected chi connectivity index (χ0v) is 9.11. The lowest BCUT2D eigenvalue weighted by Crippen LogP contribution is -2.07. The number of carboxylic acids is 1. The zero-order valence-electron chi connectivity index (χ0n) is 9.11. The number of carbonyl (C=O) groups is 2. The molecule has 0 atom stereocenters. The van der Waals surface area contributed by atoms with Crippen molar-refractivity contribution in [2.24, 2.45) is 0 Å². The molecule has 1 aromatic carbocycles. The van der Waals surface area contributed by atoms with Gasteiger partial charge in [-0.2, -0.15) is 0 Å². The van der Waals surface area contributed by atoms with Crippen LogP contribution in [0, 0.1) is 5.82 Å². The molecule has 2 aromatic rings. The third kappa shape index (κ3) is 2.04. The van der Waals surface area contributed by atoms with Gasteiger partial charge in [0.15, 0.2) is 5.78 Å². The normalized spacial score (nSPS) is 10.7. The topological polar surface area (TPSA) is 59.3 Å². The lowest BCUT2D eigenvalue weighted by atomic mass is 10.1. The average Bonchev–Trinajstić information content (AvgIpc) is 2.55. The van der Waals surface area contributed by atoms with E-state index in [1.54, 1.807) is 0 Å². The first-order valence-electron chi connectivity index (χ1n) is 5.00. The molecule has 1 heterocycles. The van der Waals surface area contributed by atoms with Gasteiger partial charge in [0.25, 0.3) is 0 Å². The van der Waals surface area contributed by atoms with Gasteiger partial charge in [-0.25, -0.2) is 4.39 Å². The Morgan fingerprint density at radius 1 is 1.41 bits per heavy atom. The van der Waals surface area contributed by atoms with Gasteiger partial charge in [-0.1, -0.05) is 0 Å². The number of ketones is 1. The second-order valence-electron chi connectivity index (χ2n) is 3.78. The Balaban J connectivity index is 2.70. The fourth-order valence-corrected chi connectivity index (χ4v) is 1.83. The Kier molecular flexibility index (Phi) is 2.67. The molecule has 5 heteroatoms. The molecule has 0 aliphatic carbocycles. The Bertz CT molecular complexity index is 615. The minimum atomic E-state index is -1.01. The van der Waals surface area contributed by atoms with Crippen LogP contribution in [-0.2, 0) is 11.3 Å². The minimum absolute atomic E-state index is 0.218. The van der Waals surface area contributed by atoms with Crippen LogP contribution in [0.2, 0.25) is 0 Å². The highest BCUT2D eigenvalue weighted by Gasteiger charge is 2.13. The molecule has 0 amide bonds. The van der Waals surface area contributed by atoms with Crippen LogP contribution in [0.25, 0.3) is 10.9 Å². The number of halogens is 1. The van der Waals surface area contributed by atoms with Crippen LogP contribution in [-0.4, -0.2) is 21.4 Å². The summed E-state index contributed by atoms with van der Waals surface area (Å²) in [7, 11) is 0. The second-order valence-corrected chi connectivity index (χ2v) is 3.78. The van der Waals surface area contributed by atoms with Gasteiger partial charge in [-0.3, -0.25) is 9.59 Å². The molecule has 88 valence electrons. The molecule has 1 N–H and O–H groups in total. The van der Waals surface area contributed by atoms with Crippen molar-refractivity contribution in [2.45, 2.75) is 13.5 Å². The van der Waals surface area contributed by atoms with Gasteiger partial charge < -0.3 is 9.67 Å². The summed E-state index contributed by atoms with van der Waals surface area (Å²) in [5.74, 6) is -1.68. The molecule has 1 aromatic heterocycles. The molecular formula is C12H10FNO3. The predicted octanol–water partition coefficient (Wildman–Crippen LogP) is 2.07. The first-order chi connectivity index (χ1) is 7.99. The Morgan fingerprint density at radius 2 is 2.12 bits per heavy atom. The Morgan fingerprint density at radius 3 is 2.71 bits per heavy atom. The molecule has 4 nitrogen and oxygen atoms in total. The Hall–Kier alpha value is -2.17. The molecule has 0 spiro atoms. The molecule has 0 unspecified atom stereocenters. The van der Waals surface area contributed by atoms with Gasteiger partial charge in [0.05, 0.1) is 0 Å². The maximum absolute atomic E-state index is 13.1. The number of benzene rings is 1. The maximum Gasteiger partial charge on any atom is 0.323 e. The van der Waals surface area contributed by atoms with Crippen LogP contribution in [0.5, 0.6) is 0 Å². The first-order valence-corrected chi connectivity index (χ1v) is 5.00. The van der Waals surface area contributed by atoms with E-state index in [-0.39, 0.29) is 12.3 Å². The SMILES string of the molecule is CC(=O)c1cn(CC(=O)O)c2ccc(F)cc12. The number of aromatic nitrogens is 1. The van der Waals surface area contributed by atoms with Crippen LogP contribution in [0.1, 0.15) is 17.3 Å². The molecule has 0 fully saturated rings. The van der Waals surface area contributed by atoms with Crippen molar-refractivity contribution in [3.8, 4) is 0 Å². The molecule has 0 aliphatic heterocycles. The Labute approximate surface area is 96.3 Å². The largest absolute Gasteiger partial charge is 0.480 e. The molecule has 0 saturated carbocycles. The summed E-state index contributed by atoms with van der Waals surface area (Å²) in [6, 6.07) is 3.95. The first kappa shape index (κ1) is 11.3. The summed E-state index contributed by atoms with van der Waals surface area (Å²) in [5, 5.41) is 9.19. The second kappa shape index (κ2) is 4.01. The lowest BCUT2D eigenvalue weighted by Gasteiger charge is -2.00. The molecular weight excluding hydrogens is 225 g/mol. The predicted molar refractivity (Wildman–Crippen MR) is 59.5 cm³/mol. The summed E-state index contributed by atoms with van der Waals surface area (Å²) in [6.07, 6.45) is 1.44. The summed E-state index contributed by atoms with van der Waals surface area (Å²) >= 11 is 0. The number of nitrogens with zero attached hydrogens (tertiary/aromatic N) is 1. The van der Waals surface area contributed by atoms with Crippen molar-refractivity contribution >= 4 is 22.7 Å². The number of rotatable bonds is 3. The number of carbonyl (C=O) groups excluding carboxylic acids is 1. The van der Waals surface area contributed by atoms with Gasteiger partial charge >= 0.3 is 5.97 Å². The number of aliphatic carboxylic acids is 1. The van der Waals surface area contributed by atoms with E-state index in [1.807, 2.05) is 0 Å². The van der Waals surface area contributed by atoms with Crippen LogP contribution in [0.4, 0.5) is 4.39 Å². The van der Waals surface area contributed by atoms with Crippen LogP contribution < -0.4 is 0 Å². The molecule has 2 rings (SSSR count). The standard InChI is InChI=1S/C12H10FNO3/c1-7(15)10-5-14(6-12(16)17)11-3-2-8(13)4-9(10)11/h2-5H,6H2,1H3,(H,16,17). The van der Waals surface area contributed by atoms with E-state index in [4.69, 9.17) is 5.11 Å². The van der Waals surface area contributed by atoms with E-state index < -0.39 is 11.8 Å². The van der Waals surface area contributed by atoms with E-state index in [9.17, 15) is 14.0 Å². The highest BCUT2D eigenvalue weighted by Crippen LogP contribution is 2.23. The van der Waals surface area contributed by atoms with E-state index >= 15 is 0 Å². The number of Topliss-reactive ketones (excluding diaryl/α,β-unsaturated/α-hetero) is 1. The fraction of sp³-hybridized carbons (Fsp3) is 0.167. The van der Waals surface area contributed by atoms with Gasteiger partial charge in [-0.15, -0.1) is 0 Å². The summed E-state index contributed by atoms with van der Waals surface area (Å²) < 4.78 is 14.5. The molecule has 0 saturated heterocycles. The van der Waals surface area contributed by atoms with Gasteiger partial charge in [0.1, 0.15) is 12.4 Å². The van der Waals surface area contributed by atoms with Crippen molar-refractivity contribution < 1.29 is 19.1 Å². The lowest BCUT2D eigenvalue weighted by molar-refractivity contribution is -0.137. The smallest absolute Gasteiger partial charge is 0.323 e. The van der Waals surface area contributed by atoms with Crippen molar-refractivity contribution in [3.05, 3.63) is 35.8 Å². The van der Waals surface area contributed by atoms with E-state index in [2.05, 4.69) is 0 Å². The number of hydrogen-bond acceptors (Lipinski definition) is 2. The minimum Gasteiger partial charge on any atom is -0.480 e. The number of carboxylic acid groups (broad SMARTS) is 1. The average molecular weight is 235 g/mol. The van der Waals surface area contributed by atoms with E-state index in [0.717, 1.165) is 0 Å². The van der Waals surface area contributed by atoms with Gasteiger partial charge in [-0.05, 0) is 25.1 Å². The number of fused-ring (bicyclic) bond motifs is 1. The quantitative estimate of drug-likeness (QED) is 0.828. The molecule has 0 bridgehead atoms. The van der Waals surface area contributed by atoms with Crippen molar-refractivity contribution in [3.63, 3.8) is 0 Å². The molecule has 0 radical (unpaired) electrons. The fourth-order valence-electron chi connectivity index (χ4n) is 1.83. The summed E-state index contributed by atoms with van der Waals surface area (Å²) in [4.78, 5) is 22.1. The summed E-state index contributed by atoms with van der Waals surface area (Å²) in [6.45, 7) is 1.11. The summed E-state index contributed by atoms with van der Waals surface area (Å²) in [5.41, 5.74) is 0.875. The molecule has 17 heavy (non-hydrogen) atoms. The van der Waals surface area contributed by atoms with Gasteiger partial charge in [0.2, 0.25) is 0 Å². The van der Waals surface area contributed by atoms with Crippen molar-refractivity contribution in [1.29, 1.82) is 0 Å². The third-order valence-electron chi connectivity index (χ3n) is 2.53. The van der Waals surface area contributed by atoms with Crippen LogP contribution in [0.15, 0.2) is 24.4 Å². The highest BCUT2D eigenvalue weighted by molar-refractivity contribution is 6.07.